The number of thiophene rings is 1. The summed E-state index contributed by atoms with van der Waals surface area (Å²) in [5, 5.41) is 10.7. The summed E-state index contributed by atoms with van der Waals surface area (Å²) in [5.74, 6) is -0.935. The van der Waals surface area contributed by atoms with Gasteiger partial charge >= 0.3 is 5.97 Å². The van der Waals surface area contributed by atoms with Crippen LogP contribution in [0.2, 0.25) is 0 Å². The van der Waals surface area contributed by atoms with E-state index in [4.69, 9.17) is 5.11 Å². The van der Waals surface area contributed by atoms with Crippen LogP contribution >= 0.6 is 11.3 Å². The summed E-state index contributed by atoms with van der Waals surface area (Å²) in [7, 11) is 0. The molecule has 0 bridgehead atoms. The third-order valence-electron chi connectivity index (χ3n) is 2.20. The molecule has 0 fully saturated rings. The molecule has 0 saturated heterocycles. The Labute approximate surface area is 96.0 Å². The molecule has 2 rings (SSSR count). The number of carboxylic acids is 1. The SMILES string of the molecule is O=Cc1ccc(-c2sccc2C(=O)O)cc1. The highest BCUT2D eigenvalue weighted by molar-refractivity contribution is 7.14. The lowest BCUT2D eigenvalue weighted by molar-refractivity contribution is 0.0698. The van der Waals surface area contributed by atoms with E-state index in [1.54, 1.807) is 35.7 Å². The number of benzene rings is 1. The average Bonchev–Trinajstić information content (AvgIpc) is 2.78. The highest BCUT2D eigenvalue weighted by Crippen LogP contribution is 2.29. The fourth-order valence-corrected chi connectivity index (χ4v) is 2.31. The van der Waals surface area contributed by atoms with Gasteiger partial charge in [0.05, 0.1) is 5.56 Å². The van der Waals surface area contributed by atoms with E-state index in [0.717, 1.165) is 11.8 Å². The minimum absolute atomic E-state index is 0.295. The van der Waals surface area contributed by atoms with Crippen LogP contribution in [-0.2, 0) is 0 Å². The minimum Gasteiger partial charge on any atom is -0.478 e. The number of rotatable bonds is 3. The van der Waals surface area contributed by atoms with Gasteiger partial charge in [0.25, 0.3) is 0 Å². The van der Waals surface area contributed by atoms with Crippen molar-refractivity contribution in [1.82, 2.24) is 0 Å². The molecule has 1 heterocycles. The van der Waals surface area contributed by atoms with Gasteiger partial charge in [0.15, 0.2) is 0 Å². The quantitative estimate of drug-likeness (QED) is 0.828. The highest BCUT2D eigenvalue weighted by Gasteiger charge is 2.12. The molecule has 2 aromatic rings. The predicted molar refractivity (Wildman–Crippen MR) is 62.1 cm³/mol. The van der Waals surface area contributed by atoms with E-state index in [0.29, 0.717) is 16.0 Å². The average molecular weight is 232 g/mol. The van der Waals surface area contributed by atoms with Crippen LogP contribution < -0.4 is 0 Å². The van der Waals surface area contributed by atoms with Crippen molar-refractivity contribution in [3.63, 3.8) is 0 Å². The van der Waals surface area contributed by atoms with Gasteiger partial charge in [-0.25, -0.2) is 4.79 Å². The number of aldehydes is 1. The van der Waals surface area contributed by atoms with Crippen LogP contribution in [0.25, 0.3) is 10.4 Å². The second kappa shape index (κ2) is 4.28. The van der Waals surface area contributed by atoms with Crippen molar-refractivity contribution in [1.29, 1.82) is 0 Å². The van der Waals surface area contributed by atoms with Crippen LogP contribution in [0.15, 0.2) is 35.7 Å². The van der Waals surface area contributed by atoms with Gasteiger partial charge in [-0.05, 0) is 17.0 Å². The molecule has 1 aromatic carbocycles. The second-order valence-corrected chi connectivity index (χ2v) is 4.12. The molecule has 0 atom stereocenters. The Hall–Kier alpha value is -1.94. The van der Waals surface area contributed by atoms with Crippen molar-refractivity contribution >= 4 is 23.6 Å². The monoisotopic (exact) mass is 232 g/mol. The third kappa shape index (κ3) is 1.87. The molecule has 80 valence electrons. The van der Waals surface area contributed by atoms with Crippen molar-refractivity contribution < 1.29 is 14.7 Å². The largest absolute Gasteiger partial charge is 0.478 e. The lowest BCUT2D eigenvalue weighted by Gasteiger charge is -2.00. The summed E-state index contributed by atoms with van der Waals surface area (Å²) in [4.78, 5) is 22.1. The summed E-state index contributed by atoms with van der Waals surface area (Å²) < 4.78 is 0. The zero-order valence-electron chi connectivity index (χ0n) is 8.21. The number of hydrogen-bond donors (Lipinski definition) is 1. The molecule has 16 heavy (non-hydrogen) atoms. The van der Waals surface area contributed by atoms with Crippen LogP contribution in [0.3, 0.4) is 0 Å². The first-order chi connectivity index (χ1) is 7.72. The predicted octanol–water partition coefficient (Wildman–Crippen LogP) is 2.93. The third-order valence-corrected chi connectivity index (χ3v) is 3.17. The van der Waals surface area contributed by atoms with Crippen LogP contribution in [0, 0.1) is 0 Å². The van der Waals surface area contributed by atoms with E-state index in [2.05, 4.69) is 0 Å². The maximum Gasteiger partial charge on any atom is 0.337 e. The van der Waals surface area contributed by atoms with Crippen molar-refractivity contribution in [3.8, 4) is 10.4 Å². The Kier molecular flexibility index (Phi) is 2.83. The molecule has 3 nitrogen and oxygen atoms in total. The van der Waals surface area contributed by atoms with E-state index in [9.17, 15) is 9.59 Å². The summed E-state index contributed by atoms with van der Waals surface area (Å²) in [6.07, 6.45) is 0.760. The molecular weight excluding hydrogens is 224 g/mol. The van der Waals surface area contributed by atoms with Crippen LogP contribution in [-0.4, -0.2) is 17.4 Å². The van der Waals surface area contributed by atoms with Crippen LogP contribution in [0.5, 0.6) is 0 Å². The molecule has 1 aromatic heterocycles. The number of carbonyl (C=O) groups excluding carboxylic acids is 1. The van der Waals surface area contributed by atoms with Crippen molar-refractivity contribution in [3.05, 3.63) is 46.8 Å². The van der Waals surface area contributed by atoms with Crippen LogP contribution in [0.1, 0.15) is 20.7 Å². The Balaban J connectivity index is 2.46. The second-order valence-electron chi connectivity index (χ2n) is 3.21. The van der Waals surface area contributed by atoms with E-state index < -0.39 is 5.97 Å². The van der Waals surface area contributed by atoms with Gasteiger partial charge in [-0.1, -0.05) is 24.3 Å². The standard InChI is InChI=1S/C12H8O3S/c13-7-8-1-3-9(4-2-8)11-10(12(14)15)5-6-16-11/h1-7H,(H,14,15). The summed E-state index contributed by atoms with van der Waals surface area (Å²) >= 11 is 1.38. The molecule has 0 unspecified atom stereocenters. The fourth-order valence-electron chi connectivity index (χ4n) is 1.41. The molecule has 0 amide bonds. The van der Waals surface area contributed by atoms with Crippen molar-refractivity contribution in [2.24, 2.45) is 0 Å². The summed E-state index contributed by atoms with van der Waals surface area (Å²) in [6, 6.07) is 8.43. The molecule has 0 radical (unpaired) electrons. The van der Waals surface area contributed by atoms with E-state index in [1.165, 1.54) is 11.3 Å². The highest BCUT2D eigenvalue weighted by atomic mass is 32.1. The number of aromatic carboxylic acids is 1. The maximum atomic E-state index is 10.9. The zero-order chi connectivity index (χ0) is 11.5. The normalized spacial score (nSPS) is 10.0. The lowest BCUT2D eigenvalue weighted by Crippen LogP contribution is -1.95. The maximum absolute atomic E-state index is 10.9. The van der Waals surface area contributed by atoms with Gasteiger partial charge in [-0.2, -0.15) is 0 Å². The molecule has 0 aliphatic rings. The minimum atomic E-state index is -0.935. The molecule has 1 N–H and O–H groups in total. The zero-order valence-corrected chi connectivity index (χ0v) is 9.03. The van der Waals surface area contributed by atoms with E-state index in [-0.39, 0.29) is 0 Å². The Morgan fingerprint density at radius 3 is 2.44 bits per heavy atom. The lowest BCUT2D eigenvalue weighted by atomic mass is 10.1. The summed E-state index contributed by atoms with van der Waals surface area (Å²) in [5.41, 5.74) is 1.69. The van der Waals surface area contributed by atoms with Crippen molar-refractivity contribution in [2.45, 2.75) is 0 Å². The molecule has 0 aliphatic heterocycles. The fraction of sp³-hybridized carbons (Fsp3) is 0. The molecule has 0 spiro atoms. The van der Waals surface area contributed by atoms with Gasteiger partial charge in [0.1, 0.15) is 6.29 Å². The number of carboxylic acid groups (broad SMARTS) is 1. The van der Waals surface area contributed by atoms with Gasteiger partial charge in [-0.3, -0.25) is 4.79 Å². The molecule has 0 aliphatic carbocycles. The molecule has 4 heteroatoms. The Bertz CT molecular complexity index is 525. The van der Waals surface area contributed by atoms with Gasteiger partial charge < -0.3 is 5.11 Å². The van der Waals surface area contributed by atoms with E-state index >= 15 is 0 Å². The first kappa shape index (κ1) is 10.6. The van der Waals surface area contributed by atoms with Crippen molar-refractivity contribution in [2.75, 3.05) is 0 Å². The van der Waals surface area contributed by atoms with Gasteiger partial charge in [-0.15, -0.1) is 11.3 Å². The summed E-state index contributed by atoms with van der Waals surface area (Å²) in [6.45, 7) is 0. The van der Waals surface area contributed by atoms with Gasteiger partial charge in [0, 0.05) is 10.4 Å². The van der Waals surface area contributed by atoms with E-state index in [1.807, 2.05) is 0 Å². The number of hydrogen-bond acceptors (Lipinski definition) is 3. The van der Waals surface area contributed by atoms with Crippen LogP contribution in [0.4, 0.5) is 0 Å². The Morgan fingerprint density at radius 1 is 1.19 bits per heavy atom. The van der Waals surface area contributed by atoms with Gasteiger partial charge in [0.2, 0.25) is 0 Å². The number of carbonyl (C=O) groups is 2. The first-order valence-corrected chi connectivity index (χ1v) is 5.46. The topological polar surface area (TPSA) is 54.4 Å². The molecule has 0 saturated carbocycles. The smallest absolute Gasteiger partial charge is 0.337 e. The first-order valence-electron chi connectivity index (χ1n) is 4.59. The molecular formula is C12H8O3S. The Morgan fingerprint density at radius 2 is 1.88 bits per heavy atom.